The Morgan fingerprint density at radius 2 is 1.76 bits per heavy atom. The van der Waals surface area contributed by atoms with Gasteiger partial charge in [-0.25, -0.2) is 4.79 Å². The number of rotatable bonds is 10. The summed E-state index contributed by atoms with van der Waals surface area (Å²) in [5.41, 5.74) is -0.704. The van der Waals surface area contributed by atoms with Gasteiger partial charge < -0.3 is 24.3 Å². The summed E-state index contributed by atoms with van der Waals surface area (Å²) in [6, 6.07) is 10.5. The van der Waals surface area contributed by atoms with Crippen LogP contribution < -0.4 is 10.1 Å². The topological polar surface area (TPSA) is 109 Å². The molecule has 1 heterocycles. The number of thiophene rings is 1. The molecule has 1 aromatic heterocycles. The minimum atomic E-state index is -4.60. The predicted octanol–water partition coefficient (Wildman–Crippen LogP) is 6.64. The second-order valence-corrected chi connectivity index (χ2v) is 8.65. The van der Waals surface area contributed by atoms with Crippen LogP contribution in [0, 0.1) is 10.1 Å². The van der Waals surface area contributed by atoms with Crippen LogP contribution in [-0.4, -0.2) is 32.2 Å². The Kier molecular flexibility index (Phi) is 8.73. The molecule has 13 heteroatoms. The normalized spacial score (nSPS) is 12.3. The SMILES string of the molecule is COC(=O)c1sc(Nc2cc(C(OC)OC)ccc2[N+](=O)[O-])cc1OC(C)c1ccccc1C(F)(F)F. The summed E-state index contributed by atoms with van der Waals surface area (Å²) < 4.78 is 61.4. The molecule has 3 aromatic rings. The molecule has 0 aliphatic carbocycles. The molecule has 0 spiro atoms. The lowest BCUT2D eigenvalue weighted by Crippen LogP contribution is -2.14. The number of carbonyl (C=O) groups is 1. The molecule has 0 aliphatic heterocycles. The van der Waals surface area contributed by atoms with E-state index in [-0.39, 0.29) is 32.6 Å². The van der Waals surface area contributed by atoms with Gasteiger partial charge >= 0.3 is 12.1 Å². The Hall–Kier alpha value is -3.68. The highest BCUT2D eigenvalue weighted by molar-refractivity contribution is 7.18. The van der Waals surface area contributed by atoms with E-state index in [1.165, 1.54) is 63.6 Å². The van der Waals surface area contributed by atoms with Gasteiger partial charge in [-0.2, -0.15) is 13.2 Å². The zero-order chi connectivity index (χ0) is 27.3. The number of ether oxygens (including phenoxy) is 4. The second-order valence-electron chi connectivity index (χ2n) is 7.60. The summed E-state index contributed by atoms with van der Waals surface area (Å²) >= 11 is 0.862. The summed E-state index contributed by atoms with van der Waals surface area (Å²) in [6.07, 6.45) is -6.48. The Balaban J connectivity index is 2.00. The average molecular weight is 541 g/mol. The second kappa shape index (κ2) is 11.6. The third-order valence-corrected chi connectivity index (χ3v) is 6.26. The van der Waals surface area contributed by atoms with Crippen LogP contribution in [-0.2, 0) is 20.4 Å². The van der Waals surface area contributed by atoms with Crippen LogP contribution in [0.1, 0.15) is 45.7 Å². The van der Waals surface area contributed by atoms with Crippen molar-refractivity contribution in [2.24, 2.45) is 0 Å². The summed E-state index contributed by atoms with van der Waals surface area (Å²) in [7, 11) is 3.96. The highest BCUT2D eigenvalue weighted by Crippen LogP contribution is 2.41. The fourth-order valence-corrected chi connectivity index (χ4v) is 4.50. The van der Waals surface area contributed by atoms with Crippen molar-refractivity contribution in [3.8, 4) is 5.75 Å². The number of methoxy groups -OCH3 is 3. The van der Waals surface area contributed by atoms with Crippen LogP contribution in [0.2, 0.25) is 0 Å². The quantitative estimate of drug-likeness (QED) is 0.132. The number of benzene rings is 2. The first-order valence-electron chi connectivity index (χ1n) is 10.7. The van der Waals surface area contributed by atoms with E-state index in [1.807, 2.05) is 0 Å². The first-order valence-corrected chi connectivity index (χ1v) is 11.5. The first kappa shape index (κ1) is 27.9. The lowest BCUT2D eigenvalue weighted by molar-refractivity contribution is -0.383. The van der Waals surface area contributed by atoms with Crippen molar-refractivity contribution in [3.05, 3.63) is 80.2 Å². The van der Waals surface area contributed by atoms with E-state index < -0.39 is 35.0 Å². The van der Waals surface area contributed by atoms with Gasteiger partial charge in [-0.1, -0.05) is 18.2 Å². The Labute approximate surface area is 213 Å². The molecule has 0 amide bonds. The molecule has 0 aliphatic rings. The predicted molar refractivity (Wildman–Crippen MR) is 129 cm³/mol. The van der Waals surface area contributed by atoms with Gasteiger partial charge in [0.05, 0.1) is 22.6 Å². The van der Waals surface area contributed by atoms with Gasteiger partial charge in [-0.3, -0.25) is 10.1 Å². The number of hydrogen-bond donors (Lipinski definition) is 1. The maximum atomic E-state index is 13.5. The first-order chi connectivity index (χ1) is 17.5. The molecule has 3 rings (SSSR count). The van der Waals surface area contributed by atoms with Gasteiger partial charge in [0.15, 0.2) is 11.2 Å². The van der Waals surface area contributed by atoms with E-state index in [9.17, 15) is 28.1 Å². The fourth-order valence-electron chi connectivity index (χ4n) is 3.58. The Bertz CT molecular complexity index is 1280. The molecule has 37 heavy (non-hydrogen) atoms. The molecular formula is C24H23F3N2O7S. The Morgan fingerprint density at radius 3 is 2.35 bits per heavy atom. The fraction of sp³-hybridized carbons (Fsp3) is 0.292. The number of hydrogen-bond acceptors (Lipinski definition) is 9. The van der Waals surface area contributed by atoms with E-state index in [2.05, 4.69) is 5.32 Å². The average Bonchev–Trinajstić information content (AvgIpc) is 3.25. The van der Waals surface area contributed by atoms with Crippen LogP contribution in [0.4, 0.5) is 29.5 Å². The number of carbonyl (C=O) groups excluding carboxylic acids is 1. The number of nitrogens with zero attached hydrogens (tertiary/aromatic N) is 1. The summed E-state index contributed by atoms with van der Waals surface area (Å²) in [5, 5.41) is 14.7. The van der Waals surface area contributed by atoms with Crippen LogP contribution in [0.15, 0.2) is 48.5 Å². The van der Waals surface area contributed by atoms with E-state index in [0.717, 1.165) is 24.5 Å². The molecule has 0 fully saturated rings. The number of nitro benzene ring substituents is 1. The van der Waals surface area contributed by atoms with Crippen molar-refractivity contribution in [1.82, 2.24) is 0 Å². The van der Waals surface area contributed by atoms with E-state index >= 15 is 0 Å². The highest BCUT2D eigenvalue weighted by atomic mass is 32.1. The van der Waals surface area contributed by atoms with E-state index in [1.54, 1.807) is 0 Å². The zero-order valence-corrected chi connectivity index (χ0v) is 20.9. The largest absolute Gasteiger partial charge is 0.484 e. The van der Waals surface area contributed by atoms with Crippen molar-refractivity contribution in [2.45, 2.75) is 25.5 Å². The number of alkyl halides is 3. The summed E-state index contributed by atoms with van der Waals surface area (Å²) in [5.74, 6) is -0.833. The van der Waals surface area contributed by atoms with Gasteiger partial charge in [0.25, 0.3) is 5.69 Å². The number of nitro groups is 1. The van der Waals surface area contributed by atoms with Gasteiger partial charge in [0.2, 0.25) is 0 Å². The Morgan fingerprint density at radius 1 is 1.08 bits per heavy atom. The van der Waals surface area contributed by atoms with Crippen molar-refractivity contribution in [3.63, 3.8) is 0 Å². The molecule has 198 valence electrons. The molecule has 1 N–H and O–H groups in total. The third kappa shape index (κ3) is 6.37. The molecule has 0 radical (unpaired) electrons. The molecule has 0 bridgehead atoms. The van der Waals surface area contributed by atoms with Gasteiger partial charge in [0.1, 0.15) is 17.5 Å². The smallest absolute Gasteiger partial charge is 0.416 e. The summed E-state index contributed by atoms with van der Waals surface area (Å²) in [6.45, 7) is 1.42. The molecule has 2 aromatic carbocycles. The minimum absolute atomic E-state index is 0.0354. The summed E-state index contributed by atoms with van der Waals surface area (Å²) in [4.78, 5) is 23.4. The van der Waals surface area contributed by atoms with Crippen LogP contribution in [0.25, 0.3) is 0 Å². The van der Waals surface area contributed by atoms with Crippen molar-refractivity contribution in [1.29, 1.82) is 0 Å². The molecule has 1 unspecified atom stereocenters. The highest BCUT2D eigenvalue weighted by Gasteiger charge is 2.35. The standard InChI is InChI=1S/C24H23F3N2O7S/c1-13(15-7-5-6-8-16(15)24(25,26)27)36-19-12-20(37-21(19)22(30)33-2)28-17-11-14(23(34-3)35-4)9-10-18(17)29(31)32/h5-13,23,28H,1-4H3. The van der Waals surface area contributed by atoms with E-state index in [4.69, 9.17) is 18.9 Å². The lowest BCUT2D eigenvalue weighted by atomic mass is 10.0. The maximum Gasteiger partial charge on any atom is 0.416 e. The van der Waals surface area contributed by atoms with Crippen molar-refractivity contribution in [2.75, 3.05) is 26.6 Å². The zero-order valence-electron chi connectivity index (χ0n) is 20.1. The third-order valence-electron chi connectivity index (χ3n) is 5.25. The van der Waals surface area contributed by atoms with Crippen LogP contribution in [0.5, 0.6) is 5.75 Å². The molecule has 0 saturated carbocycles. The lowest BCUT2D eigenvalue weighted by Gasteiger charge is -2.19. The minimum Gasteiger partial charge on any atom is -0.484 e. The van der Waals surface area contributed by atoms with Crippen molar-refractivity contribution < 1.29 is 41.8 Å². The van der Waals surface area contributed by atoms with Crippen LogP contribution in [0.3, 0.4) is 0 Å². The molecule has 1 atom stereocenters. The van der Waals surface area contributed by atoms with Gasteiger partial charge in [0, 0.05) is 37.5 Å². The molecule has 9 nitrogen and oxygen atoms in total. The monoisotopic (exact) mass is 540 g/mol. The van der Waals surface area contributed by atoms with Crippen LogP contribution >= 0.6 is 11.3 Å². The number of anilines is 2. The number of nitrogens with one attached hydrogen (secondary N) is 1. The number of esters is 1. The molecule has 0 saturated heterocycles. The van der Waals surface area contributed by atoms with Gasteiger partial charge in [-0.05, 0) is 25.1 Å². The number of halogens is 3. The van der Waals surface area contributed by atoms with Crippen molar-refractivity contribution >= 4 is 33.7 Å². The molecular weight excluding hydrogens is 517 g/mol. The van der Waals surface area contributed by atoms with Gasteiger partial charge in [-0.15, -0.1) is 11.3 Å². The van der Waals surface area contributed by atoms with E-state index in [0.29, 0.717) is 5.56 Å². The maximum absolute atomic E-state index is 13.5.